The van der Waals surface area contributed by atoms with E-state index in [9.17, 15) is 23.2 Å². The first kappa shape index (κ1) is 22.1. The van der Waals surface area contributed by atoms with Gasteiger partial charge in [-0.05, 0) is 31.2 Å². The Kier molecular flexibility index (Phi) is 5.68. The zero-order valence-corrected chi connectivity index (χ0v) is 17.6. The zero-order chi connectivity index (χ0) is 23.8. The van der Waals surface area contributed by atoms with E-state index in [2.05, 4.69) is 10.1 Å². The third-order valence-corrected chi connectivity index (χ3v) is 5.16. The lowest BCUT2D eigenvalue weighted by Crippen LogP contribution is -2.32. The number of nitrogens with zero attached hydrogens (tertiary/aromatic N) is 5. The Bertz CT molecular complexity index is 1230. The first-order valence-corrected chi connectivity index (χ1v) is 9.84. The van der Waals surface area contributed by atoms with Gasteiger partial charge in [0, 0.05) is 30.6 Å². The molecule has 0 unspecified atom stereocenters. The van der Waals surface area contributed by atoms with E-state index < -0.39 is 18.2 Å². The summed E-state index contributed by atoms with van der Waals surface area (Å²) in [5.41, 5.74) is 2.21. The number of amides is 1. The van der Waals surface area contributed by atoms with E-state index in [1.165, 1.54) is 30.2 Å². The van der Waals surface area contributed by atoms with Crippen molar-refractivity contribution < 1.29 is 27.4 Å². The second-order valence-electron chi connectivity index (χ2n) is 7.39. The Morgan fingerprint density at radius 1 is 1.24 bits per heavy atom. The molecule has 3 aromatic rings. The van der Waals surface area contributed by atoms with Crippen molar-refractivity contribution in [2.75, 3.05) is 7.11 Å². The number of rotatable bonds is 5. The van der Waals surface area contributed by atoms with Gasteiger partial charge in [-0.3, -0.25) is 4.79 Å². The molecule has 0 spiro atoms. The fourth-order valence-electron chi connectivity index (χ4n) is 3.38. The zero-order valence-electron chi connectivity index (χ0n) is 17.6. The fraction of sp³-hybridized carbons (Fsp3) is 0.273. The molecule has 0 radical (unpaired) electrons. The monoisotopic (exact) mass is 457 g/mol. The van der Waals surface area contributed by atoms with Gasteiger partial charge in [-0.15, -0.1) is 0 Å². The first-order chi connectivity index (χ1) is 15.7. The molecule has 0 saturated carbocycles. The highest BCUT2D eigenvalue weighted by atomic mass is 19.4. The van der Waals surface area contributed by atoms with Crippen LogP contribution in [0.25, 0.3) is 5.69 Å². The Morgan fingerprint density at radius 2 is 2.03 bits per heavy atom. The molecule has 170 valence electrons. The summed E-state index contributed by atoms with van der Waals surface area (Å²) in [4.78, 5) is 18.7. The molecule has 0 saturated heterocycles. The van der Waals surface area contributed by atoms with E-state index in [0.29, 0.717) is 11.6 Å². The SMILES string of the molecule is COc1cc(-n2cc3c(n2)CN(C(=O)c2cc(C#N)ccc2O[C@@H](C)C(F)(F)F)C3)ccn1. The number of pyridine rings is 1. The Labute approximate surface area is 186 Å². The third kappa shape index (κ3) is 4.45. The van der Waals surface area contributed by atoms with Crippen LogP contribution in [0.3, 0.4) is 0 Å². The van der Waals surface area contributed by atoms with E-state index in [1.807, 2.05) is 6.07 Å². The summed E-state index contributed by atoms with van der Waals surface area (Å²) in [5.74, 6) is -0.355. The maximum absolute atomic E-state index is 13.2. The second kappa shape index (κ2) is 8.46. The number of nitriles is 1. The lowest BCUT2D eigenvalue weighted by molar-refractivity contribution is -0.189. The molecule has 0 bridgehead atoms. The van der Waals surface area contributed by atoms with Crippen LogP contribution in [0.2, 0.25) is 0 Å². The maximum Gasteiger partial charge on any atom is 0.425 e. The van der Waals surface area contributed by atoms with Gasteiger partial charge in [0.05, 0.1) is 42.2 Å². The number of benzene rings is 1. The number of fused-ring (bicyclic) bond motifs is 1. The first-order valence-electron chi connectivity index (χ1n) is 9.84. The highest BCUT2D eigenvalue weighted by Crippen LogP contribution is 2.31. The van der Waals surface area contributed by atoms with Crippen LogP contribution in [-0.2, 0) is 13.1 Å². The number of alkyl halides is 3. The summed E-state index contributed by atoms with van der Waals surface area (Å²) in [6.45, 7) is 1.23. The lowest BCUT2D eigenvalue weighted by Gasteiger charge is -2.22. The van der Waals surface area contributed by atoms with Crippen molar-refractivity contribution in [2.24, 2.45) is 0 Å². The van der Waals surface area contributed by atoms with Crippen molar-refractivity contribution in [3.63, 3.8) is 0 Å². The van der Waals surface area contributed by atoms with Gasteiger partial charge >= 0.3 is 6.18 Å². The van der Waals surface area contributed by atoms with Crippen LogP contribution in [-0.4, -0.2) is 45.0 Å². The van der Waals surface area contributed by atoms with Gasteiger partial charge < -0.3 is 14.4 Å². The molecule has 8 nitrogen and oxygen atoms in total. The van der Waals surface area contributed by atoms with E-state index in [1.54, 1.807) is 29.2 Å². The number of methoxy groups -OCH3 is 1. The summed E-state index contributed by atoms with van der Waals surface area (Å²) in [7, 11) is 1.51. The largest absolute Gasteiger partial charge is 0.481 e. The molecular weight excluding hydrogens is 439 g/mol. The summed E-state index contributed by atoms with van der Waals surface area (Å²) < 4.78 is 50.7. The van der Waals surface area contributed by atoms with Crippen molar-refractivity contribution in [1.82, 2.24) is 19.7 Å². The molecule has 1 aliphatic heterocycles. The minimum atomic E-state index is -4.60. The summed E-state index contributed by atoms with van der Waals surface area (Å²) in [5, 5.41) is 13.7. The van der Waals surface area contributed by atoms with Crippen molar-refractivity contribution >= 4 is 5.91 Å². The molecule has 0 fully saturated rings. The number of carbonyl (C=O) groups excluding carboxylic acids is 1. The molecule has 1 aliphatic rings. The van der Waals surface area contributed by atoms with Gasteiger partial charge in [-0.2, -0.15) is 23.5 Å². The molecule has 1 amide bonds. The highest BCUT2D eigenvalue weighted by molar-refractivity contribution is 5.97. The van der Waals surface area contributed by atoms with E-state index >= 15 is 0 Å². The molecule has 0 aliphatic carbocycles. The molecule has 3 heterocycles. The predicted molar refractivity (Wildman–Crippen MR) is 109 cm³/mol. The fourth-order valence-corrected chi connectivity index (χ4v) is 3.38. The average molecular weight is 457 g/mol. The Hall–Kier alpha value is -4.07. The van der Waals surface area contributed by atoms with Crippen LogP contribution in [0.15, 0.2) is 42.7 Å². The van der Waals surface area contributed by atoms with Crippen molar-refractivity contribution in [3.05, 3.63) is 65.1 Å². The minimum absolute atomic E-state index is 0.109. The average Bonchev–Trinajstić information content (AvgIpc) is 3.38. The normalized spacial score (nSPS) is 13.9. The van der Waals surface area contributed by atoms with Crippen LogP contribution >= 0.6 is 0 Å². The Balaban J connectivity index is 1.57. The Morgan fingerprint density at radius 3 is 2.70 bits per heavy atom. The highest BCUT2D eigenvalue weighted by Gasteiger charge is 2.39. The maximum atomic E-state index is 13.2. The molecule has 1 aromatic carbocycles. The van der Waals surface area contributed by atoms with Gasteiger partial charge in [0.15, 0.2) is 6.10 Å². The molecule has 33 heavy (non-hydrogen) atoms. The smallest absolute Gasteiger partial charge is 0.425 e. The summed E-state index contributed by atoms with van der Waals surface area (Å²) in [6.07, 6.45) is -3.36. The lowest BCUT2D eigenvalue weighted by atomic mass is 10.1. The van der Waals surface area contributed by atoms with Crippen LogP contribution in [0.5, 0.6) is 11.6 Å². The topological polar surface area (TPSA) is 93.3 Å². The molecule has 1 atom stereocenters. The number of aromatic nitrogens is 3. The van der Waals surface area contributed by atoms with Crippen molar-refractivity contribution in [2.45, 2.75) is 32.3 Å². The molecular formula is C22H18F3N5O3. The number of hydrogen-bond donors (Lipinski definition) is 0. The standard InChI is InChI=1S/C22H18F3N5O3/c1-13(22(23,24)25)33-19-4-3-14(9-26)7-17(19)21(31)29-10-15-11-30(28-18(15)12-29)16-5-6-27-20(8-16)32-2/h3-8,11,13H,10,12H2,1-2H3/t13-/m0/s1. The molecule has 11 heteroatoms. The van der Waals surface area contributed by atoms with Crippen LogP contribution in [0.4, 0.5) is 13.2 Å². The van der Waals surface area contributed by atoms with E-state index in [0.717, 1.165) is 18.2 Å². The predicted octanol–water partition coefficient (Wildman–Crippen LogP) is 3.63. The number of halogens is 3. The van der Waals surface area contributed by atoms with Crippen LogP contribution in [0.1, 0.15) is 34.1 Å². The van der Waals surface area contributed by atoms with Gasteiger partial charge in [-0.25, -0.2) is 9.67 Å². The minimum Gasteiger partial charge on any atom is -0.481 e. The molecule has 4 rings (SSSR count). The number of carbonyl (C=O) groups is 1. The summed E-state index contributed by atoms with van der Waals surface area (Å²) >= 11 is 0. The molecule has 2 aromatic heterocycles. The van der Waals surface area contributed by atoms with E-state index in [-0.39, 0.29) is 30.0 Å². The molecule has 0 N–H and O–H groups in total. The van der Waals surface area contributed by atoms with E-state index in [4.69, 9.17) is 9.47 Å². The van der Waals surface area contributed by atoms with Gasteiger partial charge in [0.1, 0.15) is 5.75 Å². The van der Waals surface area contributed by atoms with Gasteiger partial charge in [-0.1, -0.05) is 0 Å². The van der Waals surface area contributed by atoms with Gasteiger partial charge in [0.2, 0.25) is 5.88 Å². The third-order valence-electron chi connectivity index (χ3n) is 5.16. The quantitative estimate of drug-likeness (QED) is 0.581. The van der Waals surface area contributed by atoms with Crippen LogP contribution in [0, 0.1) is 11.3 Å². The van der Waals surface area contributed by atoms with Crippen LogP contribution < -0.4 is 9.47 Å². The van der Waals surface area contributed by atoms with Gasteiger partial charge in [0.25, 0.3) is 5.91 Å². The van der Waals surface area contributed by atoms with Crippen molar-refractivity contribution in [1.29, 1.82) is 5.26 Å². The summed E-state index contributed by atoms with van der Waals surface area (Å²) in [6, 6.07) is 9.11. The van der Waals surface area contributed by atoms with Crippen molar-refractivity contribution in [3.8, 4) is 23.4 Å². The number of hydrogen-bond acceptors (Lipinski definition) is 6. The number of ether oxygens (including phenoxy) is 2. The second-order valence-corrected chi connectivity index (χ2v) is 7.39.